The highest BCUT2D eigenvalue weighted by Gasteiger charge is 2.28. The Morgan fingerprint density at radius 3 is 2.44 bits per heavy atom. The first kappa shape index (κ1) is 24.6. The molecule has 1 amide bonds. The number of carbonyl (C=O) groups excluding carboxylic acids is 1. The van der Waals surface area contributed by atoms with Gasteiger partial charge in [-0.3, -0.25) is 9.69 Å². The van der Waals surface area contributed by atoms with E-state index in [-0.39, 0.29) is 10.8 Å². The van der Waals surface area contributed by atoms with Crippen molar-refractivity contribution in [3.05, 3.63) is 48.0 Å². The van der Waals surface area contributed by atoms with Crippen molar-refractivity contribution in [3.8, 4) is 5.75 Å². The molecule has 0 N–H and O–H groups in total. The van der Waals surface area contributed by atoms with E-state index in [2.05, 4.69) is 0 Å². The van der Waals surface area contributed by atoms with Crippen molar-refractivity contribution in [2.75, 3.05) is 51.8 Å². The lowest BCUT2D eigenvalue weighted by atomic mass is 10.2. The summed E-state index contributed by atoms with van der Waals surface area (Å²) in [5.41, 5.74) is 1.16. The van der Waals surface area contributed by atoms with Gasteiger partial charge in [0.15, 0.2) is 5.13 Å². The topological polar surface area (TPSA) is 83.0 Å². The molecule has 3 aromatic rings. The second-order valence-corrected chi connectivity index (χ2v) is 11.4. The van der Waals surface area contributed by atoms with Crippen LogP contribution in [0.2, 0.25) is 0 Å². The Morgan fingerprint density at radius 1 is 1.09 bits per heavy atom. The number of nitrogens with zero attached hydrogens (tertiary/aromatic N) is 4. The van der Waals surface area contributed by atoms with Crippen molar-refractivity contribution in [2.45, 2.75) is 24.7 Å². The molecular weight excluding hydrogens is 472 g/mol. The number of thiazole rings is 1. The van der Waals surface area contributed by atoms with Crippen LogP contribution in [0.3, 0.4) is 0 Å². The molecule has 1 saturated heterocycles. The predicted molar refractivity (Wildman–Crippen MR) is 135 cm³/mol. The van der Waals surface area contributed by atoms with Crippen molar-refractivity contribution in [2.24, 2.45) is 0 Å². The van der Waals surface area contributed by atoms with Gasteiger partial charge < -0.3 is 9.64 Å². The van der Waals surface area contributed by atoms with Gasteiger partial charge in [-0.1, -0.05) is 17.4 Å². The summed E-state index contributed by atoms with van der Waals surface area (Å²) in [7, 11) is 0.376. The lowest BCUT2D eigenvalue weighted by molar-refractivity contribution is 0.0985. The molecule has 1 aliphatic rings. The fourth-order valence-electron chi connectivity index (χ4n) is 3.89. The molecule has 1 fully saturated rings. The van der Waals surface area contributed by atoms with Crippen LogP contribution in [-0.2, 0) is 10.0 Å². The molecule has 0 unspecified atom stereocenters. The third kappa shape index (κ3) is 5.10. The maximum absolute atomic E-state index is 13.5. The first-order chi connectivity index (χ1) is 16.3. The summed E-state index contributed by atoms with van der Waals surface area (Å²) in [6.45, 7) is 4.64. The van der Waals surface area contributed by atoms with E-state index in [0.717, 1.165) is 23.1 Å². The Balaban J connectivity index is 1.64. The molecule has 0 bridgehead atoms. The summed E-state index contributed by atoms with van der Waals surface area (Å²) in [6.07, 6.45) is 1.76. The number of amides is 1. The van der Waals surface area contributed by atoms with E-state index in [1.54, 1.807) is 17.0 Å². The van der Waals surface area contributed by atoms with Crippen LogP contribution in [0.25, 0.3) is 10.2 Å². The van der Waals surface area contributed by atoms with E-state index in [1.807, 2.05) is 44.1 Å². The summed E-state index contributed by atoms with van der Waals surface area (Å²) in [5, 5.41) is 0.586. The quantitative estimate of drug-likeness (QED) is 0.444. The summed E-state index contributed by atoms with van der Waals surface area (Å²) in [5.74, 6) is 0.475. The molecule has 1 aromatic heterocycles. The summed E-state index contributed by atoms with van der Waals surface area (Å²) < 4.78 is 33.8. The third-order valence-corrected chi connectivity index (χ3v) is 8.68. The molecule has 34 heavy (non-hydrogen) atoms. The Hall–Kier alpha value is -2.53. The molecule has 1 aliphatic heterocycles. The lowest BCUT2D eigenvalue weighted by Gasteiger charge is -2.22. The van der Waals surface area contributed by atoms with E-state index in [0.29, 0.717) is 49.2 Å². The Bertz CT molecular complexity index is 1250. The second-order valence-electron chi connectivity index (χ2n) is 8.43. The van der Waals surface area contributed by atoms with Crippen molar-refractivity contribution in [1.29, 1.82) is 0 Å². The van der Waals surface area contributed by atoms with E-state index in [9.17, 15) is 13.2 Å². The molecule has 182 valence electrons. The minimum absolute atomic E-state index is 0.215. The standard InChI is InChI=1S/C24H30N4O4S2/c1-4-32-20-8-7-9-21-22(20)25-24(33-21)28(17-16-26(2)3)23(29)18-10-12-19(13-11-18)34(30,31)27-14-5-6-15-27/h7-13H,4-6,14-17H2,1-3H3. The number of likely N-dealkylation sites (N-methyl/N-ethyl adjacent to an activating group) is 1. The number of sulfonamides is 1. The summed E-state index contributed by atoms with van der Waals surface area (Å²) >= 11 is 1.44. The number of hydrogen-bond acceptors (Lipinski definition) is 7. The molecule has 10 heteroatoms. The summed E-state index contributed by atoms with van der Waals surface area (Å²) in [4.78, 5) is 22.2. The molecule has 0 radical (unpaired) electrons. The molecule has 4 rings (SSSR count). The highest BCUT2D eigenvalue weighted by molar-refractivity contribution is 7.89. The normalized spacial score (nSPS) is 14.7. The molecule has 8 nitrogen and oxygen atoms in total. The van der Waals surface area contributed by atoms with Gasteiger partial charge in [-0.25, -0.2) is 13.4 Å². The predicted octanol–water partition coefficient (Wildman–Crippen LogP) is 3.69. The number of benzene rings is 2. The number of aromatic nitrogens is 1. The van der Waals surface area contributed by atoms with Crippen LogP contribution in [0.15, 0.2) is 47.4 Å². The van der Waals surface area contributed by atoms with Crippen LogP contribution in [0.4, 0.5) is 5.13 Å². The SMILES string of the molecule is CCOc1cccc2sc(N(CCN(C)C)C(=O)c3ccc(S(=O)(=O)N4CCCC4)cc3)nc12. The zero-order valence-electron chi connectivity index (χ0n) is 19.7. The zero-order valence-corrected chi connectivity index (χ0v) is 21.4. The van der Waals surface area contributed by atoms with Gasteiger partial charge in [-0.05, 0) is 70.3 Å². The number of rotatable bonds is 9. The molecule has 2 aromatic carbocycles. The van der Waals surface area contributed by atoms with Crippen LogP contribution in [-0.4, -0.2) is 75.4 Å². The largest absolute Gasteiger partial charge is 0.492 e. The number of para-hydroxylation sites is 1. The van der Waals surface area contributed by atoms with Gasteiger partial charge in [-0.2, -0.15) is 4.31 Å². The fraction of sp³-hybridized carbons (Fsp3) is 0.417. The van der Waals surface area contributed by atoms with Crippen molar-refractivity contribution >= 4 is 42.6 Å². The van der Waals surface area contributed by atoms with Gasteiger partial charge in [-0.15, -0.1) is 0 Å². The zero-order chi connectivity index (χ0) is 24.3. The number of anilines is 1. The van der Waals surface area contributed by atoms with E-state index >= 15 is 0 Å². The van der Waals surface area contributed by atoms with Crippen molar-refractivity contribution in [1.82, 2.24) is 14.2 Å². The van der Waals surface area contributed by atoms with Crippen LogP contribution in [0.1, 0.15) is 30.1 Å². The van der Waals surface area contributed by atoms with Crippen LogP contribution >= 0.6 is 11.3 Å². The molecule has 0 spiro atoms. The third-order valence-electron chi connectivity index (χ3n) is 5.72. The van der Waals surface area contributed by atoms with Gasteiger partial charge in [0.2, 0.25) is 10.0 Å². The first-order valence-electron chi connectivity index (χ1n) is 11.4. The van der Waals surface area contributed by atoms with Gasteiger partial charge in [0.1, 0.15) is 11.3 Å². The van der Waals surface area contributed by atoms with E-state index < -0.39 is 10.0 Å². The average molecular weight is 503 g/mol. The summed E-state index contributed by atoms with van der Waals surface area (Å²) in [6, 6.07) is 12.0. The maximum atomic E-state index is 13.5. The molecule has 0 saturated carbocycles. The maximum Gasteiger partial charge on any atom is 0.260 e. The molecular formula is C24H30N4O4S2. The molecule has 0 aliphatic carbocycles. The van der Waals surface area contributed by atoms with Gasteiger partial charge in [0.05, 0.1) is 16.2 Å². The minimum Gasteiger partial charge on any atom is -0.492 e. The van der Waals surface area contributed by atoms with Crippen molar-refractivity contribution in [3.63, 3.8) is 0 Å². The van der Waals surface area contributed by atoms with Gasteiger partial charge in [0.25, 0.3) is 5.91 Å². The second kappa shape index (κ2) is 10.4. The Kier molecular flexibility index (Phi) is 7.51. The minimum atomic E-state index is -3.53. The molecule has 2 heterocycles. The van der Waals surface area contributed by atoms with E-state index in [4.69, 9.17) is 9.72 Å². The highest BCUT2D eigenvalue weighted by Crippen LogP contribution is 2.35. The van der Waals surface area contributed by atoms with E-state index in [1.165, 1.54) is 27.8 Å². The Morgan fingerprint density at radius 2 is 1.79 bits per heavy atom. The number of ether oxygens (including phenoxy) is 1. The van der Waals surface area contributed by atoms with Crippen LogP contribution in [0, 0.1) is 0 Å². The monoisotopic (exact) mass is 502 g/mol. The van der Waals surface area contributed by atoms with Crippen LogP contribution in [0.5, 0.6) is 5.75 Å². The fourth-order valence-corrected chi connectivity index (χ4v) is 6.41. The first-order valence-corrected chi connectivity index (χ1v) is 13.7. The average Bonchev–Trinajstić information content (AvgIpc) is 3.50. The highest BCUT2D eigenvalue weighted by atomic mass is 32.2. The van der Waals surface area contributed by atoms with Crippen molar-refractivity contribution < 1.29 is 17.9 Å². The van der Waals surface area contributed by atoms with Gasteiger partial charge in [0, 0.05) is 31.7 Å². The van der Waals surface area contributed by atoms with Crippen LogP contribution < -0.4 is 9.64 Å². The Labute approximate surface area is 204 Å². The number of fused-ring (bicyclic) bond motifs is 1. The number of carbonyl (C=O) groups is 1. The number of hydrogen-bond donors (Lipinski definition) is 0. The smallest absolute Gasteiger partial charge is 0.260 e. The molecule has 0 atom stereocenters. The lowest BCUT2D eigenvalue weighted by Crippen LogP contribution is -2.36. The van der Waals surface area contributed by atoms with Gasteiger partial charge >= 0.3 is 0 Å².